The van der Waals surface area contributed by atoms with E-state index in [0.717, 1.165) is 0 Å². The van der Waals surface area contributed by atoms with Gasteiger partial charge in [0.15, 0.2) is 0 Å². The number of carbonyl (C=O) groups is 2. The van der Waals surface area contributed by atoms with Gasteiger partial charge in [-0.3, -0.25) is 9.69 Å². The number of hydrogen-bond donors (Lipinski definition) is 2. The molecule has 0 saturated carbocycles. The zero-order valence-corrected chi connectivity index (χ0v) is 13.6. The monoisotopic (exact) mass is 320 g/mol. The molecule has 0 radical (unpaired) electrons. The third kappa shape index (κ3) is 2.13. The summed E-state index contributed by atoms with van der Waals surface area (Å²) in [5.41, 5.74) is 1.74. The first-order chi connectivity index (χ1) is 10.4. The fourth-order valence-electron chi connectivity index (χ4n) is 3.69. The second-order valence-corrected chi connectivity index (χ2v) is 6.72. The van der Waals surface area contributed by atoms with E-state index in [0.29, 0.717) is 13.0 Å². The molecular formula is C16H20N2O3S. The normalized spacial score (nSPS) is 24.8. The van der Waals surface area contributed by atoms with E-state index in [9.17, 15) is 14.7 Å². The Balaban J connectivity index is 2.00. The molecule has 1 aromatic rings. The van der Waals surface area contributed by atoms with Crippen molar-refractivity contribution >= 4 is 24.5 Å². The number of carbonyl (C=O) groups excluding carboxylic acids is 1. The number of carboxylic acid groups (broad SMARTS) is 1. The van der Waals surface area contributed by atoms with Crippen LogP contribution in [0.4, 0.5) is 0 Å². The van der Waals surface area contributed by atoms with Crippen LogP contribution >= 0.6 is 12.6 Å². The molecule has 3 rings (SSSR count). The maximum atomic E-state index is 12.9. The van der Waals surface area contributed by atoms with Crippen LogP contribution in [0.15, 0.2) is 24.3 Å². The predicted octanol–water partition coefficient (Wildman–Crippen LogP) is 1.37. The molecule has 22 heavy (non-hydrogen) atoms. The Morgan fingerprint density at radius 2 is 2.05 bits per heavy atom. The van der Waals surface area contributed by atoms with Gasteiger partial charge in [-0.2, -0.15) is 12.6 Å². The Morgan fingerprint density at radius 1 is 1.41 bits per heavy atom. The molecule has 2 aliphatic heterocycles. The Bertz CT molecular complexity index is 632. The lowest BCUT2D eigenvalue weighted by molar-refractivity contribution is -0.151. The summed E-state index contributed by atoms with van der Waals surface area (Å²) in [4.78, 5) is 28.0. The zero-order valence-electron chi connectivity index (χ0n) is 12.7. The number of fused-ring (bicyclic) bond motifs is 2. The standard InChI is InChI=1S/C16H20N2O3S/c1-16(2)17-8-11-6-4-3-5-10(11)7-12(17)14(19)18(16)13(9-22)15(20)21/h3-6,12-13,22H,7-9H2,1-2H3,(H,20,21)/t12-,13-/m0/s1. The van der Waals surface area contributed by atoms with Gasteiger partial charge in [0, 0.05) is 12.3 Å². The molecule has 0 unspecified atom stereocenters. The minimum Gasteiger partial charge on any atom is -0.480 e. The molecule has 2 heterocycles. The van der Waals surface area contributed by atoms with E-state index >= 15 is 0 Å². The first-order valence-electron chi connectivity index (χ1n) is 7.38. The highest BCUT2D eigenvalue weighted by molar-refractivity contribution is 7.80. The molecule has 1 fully saturated rings. The number of rotatable bonds is 3. The molecule has 5 nitrogen and oxygen atoms in total. The Morgan fingerprint density at radius 3 is 2.64 bits per heavy atom. The molecule has 0 aromatic heterocycles. The SMILES string of the molecule is CC1(C)N2Cc3ccccc3C[C@H]2C(=O)N1[C@@H](CS)C(=O)O. The minimum absolute atomic E-state index is 0.109. The number of hydrogen-bond acceptors (Lipinski definition) is 4. The first-order valence-corrected chi connectivity index (χ1v) is 8.01. The van der Waals surface area contributed by atoms with Gasteiger partial charge in [-0.15, -0.1) is 0 Å². The van der Waals surface area contributed by atoms with Crippen LogP contribution in [0.5, 0.6) is 0 Å². The number of nitrogens with zero attached hydrogens (tertiary/aromatic N) is 2. The predicted molar refractivity (Wildman–Crippen MR) is 85.7 cm³/mol. The zero-order chi connectivity index (χ0) is 16.1. The second-order valence-electron chi connectivity index (χ2n) is 6.36. The van der Waals surface area contributed by atoms with Gasteiger partial charge in [-0.25, -0.2) is 4.79 Å². The largest absolute Gasteiger partial charge is 0.480 e. The fraction of sp³-hybridized carbons (Fsp3) is 0.500. The Hall–Kier alpha value is -1.53. The highest BCUT2D eigenvalue weighted by atomic mass is 32.1. The molecule has 1 aromatic carbocycles. The van der Waals surface area contributed by atoms with Crippen molar-refractivity contribution in [3.63, 3.8) is 0 Å². The van der Waals surface area contributed by atoms with Gasteiger partial charge in [-0.05, 0) is 31.4 Å². The van der Waals surface area contributed by atoms with Crippen molar-refractivity contribution in [2.45, 2.75) is 44.6 Å². The highest BCUT2D eigenvalue weighted by Crippen LogP contribution is 2.39. The number of amides is 1. The van der Waals surface area contributed by atoms with Gasteiger partial charge in [-0.1, -0.05) is 24.3 Å². The summed E-state index contributed by atoms with van der Waals surface area (Å²) in [7, 11) is 0. The number of thiol groups is 1. The third-order valence-corrected chi connectivity index (χ3v) is 5.18. The van der Waals surface area contributed by atoms with Crippen molar-refractivity contribution in [2.75, 3.05) is 5.75 Å². The van der Waals surface area contributed by atoms with Crippen LogP contribution in [0.25, 0.3) is 0 Å². The van der Waals surface area contributed by atoms with Crippen molar-refractivity contribution < 1.29 is 14.7 Å². The number of benzene rings is 1. The van der Waals surface area contributed by atoms with E-state index in [-0.39, 0.29) is 17.7 Å². The summed E-state index contributed by atoms with van der Waals surface area (Å²) in [6.07, 6.45) is 0.633. The van der Waals surface area contributed by atoms with Crippen molar-refractivity contribution in [1.82, 2.24) is 9.80 Å². The van der Waals surface area contributed by atoms with E-state index < -0.39 is 17.7 Å². The first kappa shape index (κ1) is 15.4. The van der Waals surface area contributed by atoms with E-state index in [4.69, 9.17) is 0 Å². The summed E-state index contributed by atoms with van der Waals surface area (Å²) in [5.74, 6) is -1.01. The molecular weight excluding hydrogens is 300 g/mol. The molecule has 6 heteroatoms. The lowest BCUT2D eigenvalue weighted by atomic mass is 9.94. The average Bonchev–Trinajstić information content (AvgIpc) is 2.67. The summed E-state index contributed by atoms with van der Waals surface area (Å²) in [5, 5.41) is 9.43. The van der Waals surface area contributed by atoms with E-state index in [2.05, 4.69) is 23.6 Å². The van der Waals surface area contributed by atoms with Crippen molar-refractivity contribution in [1.29, 1.82) is 0 Å². The molecule has 1 amide bonds. The van der Waals surface area contributed by atoms with Gasteiger partial charge in [0.05, 0.1) is 11.7 Å². The molecule has 1 saturated heterocycles. The van der Waals surface area contributed by atoms with Crippen molar-refractivity contribution in [3.8, 4) is 0 Å². The molecule has 118 valence electrons. The van der Waals surface area contributed by atoms with Crippen LogP contribution in [-0.2, 0) is 22.6 Å². The third-order valence-electron chi connectivity index (χ3n) is 4.83. The number of carboxylic acids is 1. The quantitative estimate of drug-likeness (QED) is 0.826. The lowest BCUT2D eigenvalue weighted by Gasteiger charge is -2.42. The van der Waals surface area contributed by atoms with Gasteiger partial charge < -0.3 is 10.0 Å². The topological polar surface area (TPSA) is 60.9 Å². The van der Waals surface area contributed by atoms with E-state index in [1.54, 1.807) is 0 Å². The van der Waals surface area contributed by atoms with Crippen LogP contribution in [0.1, 0.15) is 25.0 Å². The molecule has 0 bridgehead atoms. The Kier molecular flexibility index (Phi) is 3.69. The second kappa shape index (κ2) is 5.28. The van der Waals surface area contributed by atoms with Crippen LogP contribution in [0, 0.1) is 0 Å². The fourth-order valence-corrected chi connectivity index (χ4v) is 4.01. The van der Waals surface area contributed by atoms with Gasteiger partial charge in [0.1, 0.15) is 6.04 Å². The lowest BCUT2D eigenvalue weighted by Crippen LogP contribution is -2.56. The average molecular weight is 320 g/mol. The van der Waals surface area contributed by atoms with Crippen LogP contribution in [0.3, 0.4) is 0 Å². The van der Waals surface area contributed by atoms with E-state index in [1.165, 1.54) is 16.0 Å². The Labute approximate surface area is 135 Å². The van der Waals surface area contributed by atoms with Crippen molar-refractivity contribution in [3.05, 3.63) is 35.4 Å². The molecule has 0 aliphatic carbocycles. The highest BCUT2D eigenvalue weighted by Gasteiger charge is 2.55. The summed E-state index contributed by atoms with van der Waals surface area (Å²) in [6, 6.07) is 6.90. The van der Waals surface area contributed by atoms with Crippen LogP contribution in [0.2, 0.25) is 0 Å². The molecule has 2 aliphatic rings. The summed E-state index contributed by atoms with van der Waals surface area (Å²) in [6.45, 7) is 4.49. The number of aliphatic carboxylic acids is 1. The van der Waals surface area contributed by atoms with Crippen molar-refractivity contribution in [2.24, 2.45) is 0 Å². The maximum Gasteiger partial charge on any atom is 0.327 e. The molecule has 2 atom stereocenters. The molecule has 0 spiro atoms. The minimum atomic E-state index is -1.01. The van der Waals surface area contributed by atoms with E-state index in [1.807, 2.05) is 32.0 Å². The maximum absolute atomic E-state index is 12.9. The summed E-state index contributed by atoms with van der Waals surface area (Å²) >= 11 is 4.14. The van der Waals surface area contributed by atoms with Gasteiger partial charge >= 0.3 is 5.97 Å². The van der Waals surface area contributed by atoms with Gasteiger partial charge in [0.25, 0.3) is 0 Å². The van der Waals surface area contributed by atoms with Crippen LogP contribution in [-0.4, -0.2) is 50.3 Å². The molecule has 1 N–H and O–H groups in total. The van der Waals surface area contributed by atoms with Crippen LogP contribution < -0.4 is 0 Å². The summed E-state index contributed by atoms with van der Waals surface area (Å²) < 4.78 is 0. The smallest absolute Gasteiger partial charge is 0.327 e. The van der Waals surface area contributed by atoms with Gasteiger partial charge in [0.2, 0.25) is 5.91 Å².